The maximum atomic E-state index is 12.8. The van der Waals surface area contributed by atoms with Crippen molar-refractivity contribution in [3.8, 4) is 6.07 Å². The molecule has 1 heterocycles. The number of hydrogen-bond donors (Lipinski definition) is 3. The minimum absolute atomic E-state index is 0.106. The third-order valence-electron chi connectivity index (χ3n) is 5.36. The first-order valence-corrected chi connectivity index (χ1v) is 12.8. The molecule has 206 valence electrons. The van der Waals surface area contributed by atoms with Crippen LogP contribution in [0.1, 0.15) is 13.8 Å². The second kappa shape index (κ2) is 15.6. The van der Waals surface area contributed by atoms with E-state index in [1.165, 1.54) is 4.57 Å². The van der Waals surface area contributed by atoms with Gasteiger partial charge in [-0.1, -0.05) is 13.0 Å². The van der Waals surface area contributed by atoms with Gasteiger partial charge in [-0.05, 0) is 37.7 Å². The van der Waals surface area contributed by atoms with Gasteiger partial charge < -0.3 is 20.7 Å². The number of halogens is 2. The Morgan fingerprint density at radius 1 is 1.29 bits per heavy atom. The first-order chi connectivity index (χ1) is 18.2. The van der Waals surface area contributed by atoms with E-state index in [1.807, 2.05) is 17.1 Å². The summed E-state index contributed by atoms with van der Waals surface area (Å²) in [6.45, 7) is 5.34. The van der Waals surface area contributed by atoms with Crippen LogP contribution in [0.15, 0.2) is 29.1 Å². The van der Waals surface area contributed by atoms with Gasteiger partial charge in [0.2, 0.25) is 5.91 Å². The number of carbonyl (C=O) groups excluding carboxylic acids is 2. The van der Waals surface area contributed by atoms with E-state index in [1.54, 1.807) is 50.4 Å². The molecule has 2 amide bonds. The van der Waals surface area contributed by atoms with Crippen LogP contribution in [0.4, 0.5) is 20.2 Å². The van der Waals surface area contributed by atoms with E-state index in [0.29, 0.717) is 35.6 Å². The molecule has 3 N–H and O–H groups in total. The van der Waals surface area contributed by atoms with Gasteiger partial charge in [0, 0.05) is 38.1 Å². The summed E-state index contributed by atoms with van der Waals surface area (Å²) >= 11 is 0.942. The molecule has 1 aromatic carbocycles. The molecule has 0 unspecified atom stereocenters. The summed E-state index contributed by atoms with van der Waals surface area (Å²) in [5, 5.41) is 17.5. The van der Waals surface area contributed by atoms with Crippen molar-refractivity contribution in [2.75, 3.05) is 57.1 Å². The van der Waals surface area contributed by atoms with E-state index in [-0.39, 0.29) is 30.2 Å². The van der Waals surface area contributed by atoms with Gasteiger partial charge in [0.15, 0.2) is 5.57 Å². The molecule has 0 aliphatic rings. The Bertz CT molecular complexity index is 1320. The van der Waals surface area contributed by atoms with Crippen LogP contribution in [0.25, 0.3) is 11.6 Å². The van der Waals surface area contributed by atoms with Crippen molar-refractivity contribution in [2.24, 2.45) is 0 Å². The van der Waals surface area contributed by atoms with Crippen LogP contribution in [-0.4, -0.2) is 74.1 Å². The lowest BCUT2D eigenvalue weighted by molar-refractivity contribution is -0.117. The van der Waals surface area contributed by atoms with Crippen LogP contribution in [0.3, 0.4) is 0 Å². The highest BCUT2D eigenvalue weighted by atomic mass is 32.1. The van der Waals surface area contributed by atoms with Crippen molar-refractivity contribution in [1.82, 2.24) is 14.8 Å². The maximum absolute atomic E-state index is 12.8. The van der Waals surface area contributed by atoms with Gasteiger partial charge in [0.05, 0.1) is 24.2 Å². The largest absolute Gasteiger partial charge is 0.383 e. The number of amides is 2. The van der Waals surface area contributed by atoms with Crippen molar-refractivity contribution < 1.29 is 23.1 Å². The zero-order valence-electron chi connectivity index (χ0n) is 21.6. The standard InChI is InChI=1S/C25H32F2N6O4S/c1-4-32(11-12-37-3)16-22(34)31-18-8-6-7-17(13-18)29-10-9-20-24(36)33(5-2)25(38-20)19(14-28)23(35)30-15-21(26)27/h6-9,13,21,29H,4-5,10-12,15-16H2,1-3H3,(H,30,35)(H,31,34)/b20-9-,25-19-. The van der Waals surface area contributed by atoms with Gasteiger partial charge in [-0.25, -0.2) is 8.78 Å². The molecule has 10 nitrogen and oxygen atoms in total. The first kappa shape index (κ1) is 30.6. The van der Waals surface area contributed by atoms with Crippen LogP contribution in [0, 0.1) is 11.3 Å². The summed E-state index contributed by atoms with van der Waals surface area (Å²) in [7, 11) is 1.61. The van der Waals surface area contributed by atoms with Crippen molar-refractivity contribution in [2.45, 2.75) is 26.8 Å². The lowest BCUT2D eigenvalue weighted by Crippen LogP contribution is -2.35. The molecule has 0 radical (unpaired) electrons. The number of nitriles is 1. The zero-order chi connectivity index (χ0) is 28.1. The maximum Gasteiger partial charge on any atom is 0.268 e. The lowest BCUT2D eigenvalue weighted by atomic mass is 10.2. The van der Waals surface area contributed by atoms with Gasteiger partial charge in [0.25, 0.3) is 17.9 Å². The van der Waals surface area contributed by atoms with Gasteiger partial charge in [-0.3, -0.25) is 23.9 Å². The fraction of sp³-hybridized carbons (Fsp3) is 0.440. The van der Waals surface area contributed by atoms with Crippen LogP contribution >= 0.6 is 11.3 Å². The Morgan fingerprint density at radius 2 is 2.03 bits per heavy atom. The number of aromatic nitrogens is 1. The van der Waals surface area contributed by atoms with Crippen molar-refractivity contribution in [1.29, 1.82) is 5.26 Å². The first-order valence-electron chi connectivity index (χ1n) is 12.0. The van der Waals surface area contributed by atoms with E-state index in [4.69, 9.17) is 4.74 Å². The molecule has 1 aromatic heterocycles. The molecular formula is C25H32F2N6O4S. The van der Waals surface area contributed by atoms with E-state index in [0.717, 1.165) is 11.3 Å². The number of nitrogens with zero attached hydrogens (tertiary/aromatic N) is 3. The van der Waals surface area contributed by atoms with Gasteiger partial charge >= 0.3 is 0 Å². The minimum Gasteiger partial charge on any atom is -0.383 e. The SMILES string of the molecule is CCN(CCOC)CC(=O)Nc1cccc(NC/C=c2\s/c(=C(/C#N)C(=O)NCC(F)F)n(CC)c2=O)c1. The summed E-state index contributed by atoms with van der Waals surface area (Å²) in [4.78, 5) is 39.4. The number of benzene rings is 1. The predicted molar refractivity (Wildman–Crippen MR) is 144 cm³/mol. The number of alkyl halides is 2. The summed E-state index contributed by atoms with van der Waals surface area (Å²) in [5.74, 6) is -1.11. The quantitative estimate of drug-likeness (QED) is 0.317. The number of anilines is 2. The highest BCUT2D eigenvalue weighted by Gasteiger charge is 2.16. The number of nitrogens with one attached hydrogen (secondary N) is 3. The molecular weight excluding hydrogens is 518 g/mol. The number of likely N-dealkylation sites (N-methyl/N-ethyl adjacent to an activating group) is 1. The molecule has 2 aromatic rings. The van der Waals surface area contributed by atoms with Gasteiger partial charge in [-0.15, -0.1) is 11.3 Å². The summed E-state index contributed by atoms with van der Waals surface area (Å²) in [6.07, 6.45) is -1.14. The molecule has 0 atom stereocenters. The lowest BCUT2D eigenvalue weighted by Gasteiger charge is -2.19. The topological polar surface area (TPSA) is 128 Å². The van der Waals surface area contributed by atoms with Gasteiger partial charge in [0.1, 0.15) is 10.7 Å². The molecule has 0 aliphatic carbocycles. The Kier molecular flexibility index (Phi) is 12.6. The van der Waals surface area contributed by atoms with E-state index >= 15 is 0 Å². The Hall–Kier alpha value is -3.60. The second-order valence-corrected chi connectivity index (χ2v) is 9.02. The highest BCUT2D eigenvalue weighted by Crippen LogP contribution is 2.15. The highest BCUT2D eigenvalue weighted by molar-refractivity contribution is 7.07. The molecule has 0 bridgehead atoms. The number of hydrogen-bond acceptors (Lipinski definition) is 8. The Labute approximate surface area is 223 Å². The number of methoxy groups -OCH3 is 1. The Balaban J connectivity index is 2.16. The number of carbonyl (C=O) groups is 2. The van der Waals surface area contributed by atoms with Crippen LogP contribution in [0.2, 0.25) is 0 Å². The molecule has 0 spiro atoms. The zero-order valence-corrected chi connectivity index (χ0v) is 22.4. The molecule has 0 saturated heterocycles. The van der Waals surface area contributed by atoms with Crippen molar-refractivity contribution in [3.63, 3.8) is 0 Å². The van der Waals surface area contributed by atoms with Crippen LogP contribution in [0.5, 0.6) is 0 Å². The monoisotopic (exact) mass is 550 g/mol. The second-order valence-electron chi connectivity index (χ2n) is 7.98. The molecule has 0 aliphatic heterocycles. The smallest absolute Gasteiger partial charge is 0.268 e. The normalized spacial score (nSPS) is 12.4. The van der Waals surface area contributed by atoms with Crippen molar-refractivity contribution in [3.05, 3.63) is 43.8 Å². The summed E-state index contributed by atoms with van der Waals surface area (Å²) in [6, 6.07) is 8.83. The van der Waals surface area contributed by atoms with E-state index in [2.05, 4.69) is 10.6 Å². The number of thiazole rings is 1. The number of ether oxygens (including phenoxy) is 1. The van der Waals surface area contributed by atoms with Crippen LogP contribution < -0.4 is 30.7 Å². The van der Waals surface area contributed by atoms with Crippen LogP contribution in [-0.2, 0) is 20.9 Å². The van der Waals surface area contributed by atoms with E-state index in [9.17, 15) is 28.4 Å². The van der Waals surface area contributed by atoms with Crippen molar-refractivity contribution >= 4 is 46.2 Å². The fourth-order valence-corrected chi connectivity index (χ4v) is 4.56. The average molecular weight is 551 g/mol. The molecule has 0 saturated carbocycles. The molecule has 38 heavy (non-hydrogen) atoms. The minimum atomic E-state index is -2.76. The van der Waals surface area contributed by atoms with E-state index < -0.39 is 30.0 Å². The van der Waals surface area contributed by atoms with Gasteiger partial charge in [-0.2, -0.15) is 5.26 Å². The predicted octanol–water partition coefficient (Wildman–Crippen LogP) is 0.785. The summed E-state index contributed by atoms with van der Waals surface area (Å²) in [5.41, 5.74) is 0.528. The summed E-state index contributed by atoms with van der Waals surface area (Å²) < 4.78 is 31.6. The average Bonchev–Trinajstić information content (AvgIpc) is 3.20. The molecule has 0 fully saturated rings. The third-order valence-corrected chi connectivity index (χ3v) is 6.54. The third kappa shape index (κ3) is 9.05. The number of rotatable bonds is 14. The fourth-order valence-electron chi connectivity index (χ4n) is 3.43. The molecule has 2 rings (SSSR count). The molecule has 13 heteroatoms. The Morgan fingerprint density at radius 3 is 2.66 bits per heavy atom.